The van der Waals surface area contributed by atoms with Crippen molar-refractivity contribution in [3.8, 4) is 11.5 Å². The van der Waals surface area contributed by atoms with Crippen LogP contribution in [0.3, 0.4) is 0 Å². The van der Waals surface area contributed by atoms with Crippen LogP contribution in [-0.4, -0.2) is 29.4 Å². The molecule has 2 heterocycles. The van der Waals surface area contributed by atoms with Crippen molar-refractivity contribution in [3.05, 3.63) is 58.6 Å². The van der Waals surface area contributed by atoms with Gasteiger partial charge in [-0.05, 0) is 68.7 Å². The second-order valence-electron chi connectivity index (χ2n) is 8.97. The van der Waals surface area contributed by atoms with Crippen LogP contribution in [0.15, 0.2) is 42.5 Å². The van der Waals surface area contributed by atoms with Gasteiger partial charge >= 0.3 is 5.97 Å². The van der Waals surface area contributed by atoms with E-state index in [0.717, 1.165) is 24.2 Å². The molecule has 1 N–H and O–H groups in total. The molecule has 0 spiro atoms. The number of aryl methyl sites for hydroxylation is 1. The normalized spacial score (nSPS) is 26.3. The summed E-state index contributed by atoms with van der Waals surface area (Å²) in [5.74, 6) is -0.152. The minimum absolute atomic E-state index is 0.0650. The highest BCUT2D eigenvalue weighted by atomic mass is 35.5. The first-order valence-electron chi connectivity index (χ1n) is 10.9. The number of carboxylic acid groups (broad SMARTS) is 1. The molecule has 5 nitrogen and oxygen atoms in total. The second-order valence-corrected chi connectivity index (χ2v) is 9.41. The Morgan fingerprint density at radius 3 is 2.65 bits per heavy atom. The summed E-state index contributed by atoms with van der Waals surface area (Å²) in [6.07, 6.45) is 1.71. The predicted octanol–water partition coefficient (Wildman–Crippen LogP) is 5.69. The smallest absolute Gasteiger partial charge is 0.309 e. The molecule has 0 bridgehead atoms. The van der Waals surface area contributed by atoms with Crippen LogP contribution in [0.2, 0.25) is 5.02 Å². The number of benzene rings is 2. The summed E-state index contributed by atoms with van der Waals surface area (Å²) in [6.45, 7) is 6.34. The Balaban J connectivity index is 1.62. The summed E-state index contributed by atoms with van der Waals surface area (Å²) in [6, 6.07) is 13.3. The van der Waals surface area contributed by atoms with Crippen LogP contribution in [0.4, 0.5) is 0 Å². The largest absolute Gasteiger partial charge is 0.491 e. The van der Waals surface area contributed by atoms with E-state index in [2.05, 4.69) is 19.1 Å². The average molecular weight is 445 g/mol. The minimum atomic E-state index is -0.871. The SMILES string of the molecule is CCCc1ccc2c(c1)[C@H]1O[C@@H](COc3ccc(Cl)cc3)[C@H](C(=O)O)C[C@@H]1C(C)(C)O2. The van der Waals surface area contributed by atoms with Crippen molar-refractivity contribution in [1.82, 2.24) is 0 Å². The van der Waals surface area contributed by atoms with E-state index >= 15 is 0 Å². The quantitative estimate of drug-likeness (QED) is 0.620. The van der Waals surface area contributed by atoms with Gasteiger partial charge in [-0.3, -0.25) is 4.79 Å². The van der Waals surface area contributed by atoms with Crippen LogP contribution < -0.4 is 9.47 Å². The summed E-state index contributed by atoms with van der Waals surface area (Å²) in [5.41, 5.74) is 1.72. The summed E-state index contributed by atoms with van der Waals surface area (Å²) >= 11 is 5.94. The number of ether oxygens (including phenoxy) is 3. The Kier molecular flexibility index (Phi) is 6.18. The second kappa shape index (κ2) is 8.71. The lowest BCUT2D eigenvalue weighted by atomic mass is 9.71. The third-order valence-corrected chi connectivity index (χ3v) is 6.63. The maximum Gasteiger partial charge on any atom is 0.309 e. The van der Waals surface area contributed by atoms with E-state index in [9.17, 15) is 9.90 Å². The van der Waals surface area contributed by atoms with E-state index in [-0.39, 0.29) is 18.6 Å². The van der Waals surface area contributed by atoms with Gasteiger partial charge in [-0.2, -0.15) is 0 Å². The molecule has 0 saturated carbocycles. The molecule has 0 unspecified atom stereocenters. The Morgan fingerprint density at radius 2 is 1.97 bits per heavy atom. The first-order chi connectivity index (χ1) is 14.8. The monoisotopic (exact) mass is 444 g/mol. The van der Waals surface area contributed by atoms with E-state index in [0.29, 0.717) is 17.2 Å². The molecule has 6 heteroatoms. The summed E-state index contributed by atoms with van der Waals surface area (Å²) < 4.78 is 18.7. The lowest BCUT2D eigenvalue weighted by molar-refractivity contribution is -0.192. The number of carbonyl (C=O) groups is 1. The molecule has 1 fully saturated rings. The van der Waals surface area contributed by atoms with Gasteiger partial charge in [0.1, 0.15) is 29.8 Å². The molecule has 2 aromatic rings. The van der Waals surface area contributed by atoms with Crippen molar-refractivity contribution in [1.29, 1.82) is 0 Å². The Labute approximate surface area is 188 Å². The van der Waals surface area contributed by atoms with E-state index < -0.39 is 23.6 Å². The van der Waals surface area contributed by atoms with Gasteiger partial charge in [-0.15, -0.1) is 0 Å². The maximum atomic E-state index is 12.1. The van der Waals surface area contributed by atoms with Crippen molar-refractivity contribution in [3.63, 3.8) is 0 Å². The molecule has 0 amide bonds. The molecule has 4 rings (SSSR count). The fraction of sp³-hybridized carbons (Fsp3) is 0.480. The number of rotatable bonds is 6. The zero-order chi connectivity index (χ0) is 22.2. The van der Waals surface area contributed by atoms with Gasteiger partial charge in [-0.25, -0.2) is 0 Å². The zero-order valence-corrected chi connectivity index (χ0v) is 18.9. The molecule has 0 aliphatic carbocycles. The first-order valence-corrected chi connectivity index (χ1v) is 11.2. The molecule has 4 atom stereocenters. The number of hydrogen-bond acceptors (Lipinski definition) is 4. The average Bonchev–Trinajstić information content (AvgIpc) is 2.73. The third kappa shape index (κ3) is 4.53. The lowest BCUT2D eigenvalue weighted by Crippen LogP contribution is -2.53. The molecular weight excluding hydrogens is 416 g/mol. The van der Waals surface area contributed by atoms with Gasteiger partial charge in [-0.1, -0.05) is 31.0 Å². The van der Waals surface area contributed by atoms with Crippen LogP contribution in [0.5, 0.6) is 11.5 Å². The number of hydrogen-bond donors (Lipinski definition) is 1. The number of fused-ring (bicyclic) bond motifs is 3. The Bertz CT molecular complexity index is 939. The predicted molar refractivity (Wildman–Crippen MR) is 119 cm³/mol. The van der Waals surface area contributed by atoms with Gasteiger partial charge in [0.05, 0.1) is 12.0 Å². The standard InChI is InChI=1S/C25H29ClO5/c1-4-5-15-6-11-21-18(12-15)23-20(25(2,3)31-21)13-19(24(27)28)22(30-23)14-29-17-9-7-16(26)8-10-17/h6-12,19-20,22-23H,4-5,13-14H2,1-3H3,(H,27,28)/t19-,20+,22+,23-/m1/s1. The Morgan fingerprint density at radius 1 is 1.23 bits per heavy atom. The zero-order valence-electron chi connectivity index (χ0n) is 18.1. The van der Waals surface area contributed by atoms with Crippen LogP contribution in [0.1, 0.15) is 50.8 Å². The molecule has 166 valence electrons. The first kappa shape index (κ1) is 22.0. The number of carboxylic acids is 1. The lowest BCUT2D eigenvalue weighted by Gasteiger charge is -2.50. The fourth-order valence-electron chi connectivity index (χ4n) is 4.71. The van der Waals surface area contributed by atoms with Gasteiger partial charge in [0.2, 0.25) is 0 Å². The van der Waals surface area contributed by atoms with Crippen molar-refractivity contribution in [2.45, 2.75) is 57.8 Å². The van der Waals surface area contributed by atoms with Crippen LogP contribution in [-0.2, 0) is 16.0 Å². The molecule has 0 aromatic heterocycles. The summed E-state index contributed by atoms with van der Waals surface area (Å²) in [4.78, 5) is 12.1. The van der Waals surface area contributed by atoms with Crippen molar-refractivity contribution < 1.29 is 24.1 Å². The summed E-state index contributed by atoms with van der Waals surface area (Å²) in [7, 11) is 0. The number of halogens is 1. The fourth-order valence-corrected chi connectivity index (χ4v) is 4.83. The molecule has 31 heavy (non-hydrogen) atoms. The number of aliphatic carboxylic acids is 1. The van der Waals surface area contributed by atoms with E-state index in [1.54, 1.807) is 24.3 Å². The topological polar surface area (TPSA) is 65.0 Å². The van der Waals surface area contributed by atoms with Gasteiger partial charge in [0, 0.05) is 16.5 Å². The maximum absolute atomic E-state index is 12.1. The van der Waals surface area contributed by atoms with Gasteiger partial charge in [0.25, 0.3) is 0 Å². The van der Waals surface area contributed by atoms with Crippen LogP contribution in [0, 0.1) is 11.8 Å². The molecule has 2 aliphatic heterocycles. The van der Waals surface area contributed by atoms with Crippen LogP contribution in [0.25, 0.3) is 0 Å². The molecule has 0 radical (unpaired) electrons. The van der Waals surface area contributed by atoms with E-state index in [4.69, 9.17) is 25.8 Å². The molecule has 2 aromatic carbocycles. The highest BCUT2D eigenvalue weighted by molar-refractivity contribution is 6.30. The van der Waals surface area contributed by atoms with Gasteiger partial charge < -0.3 is 19.3 Å². The van der Waals surface area contributed by atoms with Crippen LogP contribution >= 0.6 is 11.6 Å². The van der Waals surface area contributed by atoms with E-state index in [1.807, 2.05) is 19.9 Å². The molecule has 2 aliphatic rings. The highest BCUT2D eigenvalue weighted by Gasteiger charge is 2.52. The van der Waals surface area contributed by atoms with E-state index in [1.165, 1.54) is 5.56 Å². The molecule has 1 saturated heterocycles. The molecular formula is C25H29ClO5. The van der Waals surface area contributed by atoms with Crippen molar-refractivity contribution in [2.75, 3.05) is 6.61 Å². The van der Waals surface area contributed by atoms with Crippen molar-refractivity contribution >= 4 is 17.6 Å². The third-order valence-electron chi connectivity index (χ3n) is 6.37. The minimum Gasteiger partial charge on any atom is -0.491 e. The summed E-state index contributed by atoms with van der Waals surface area (Å²) in [5, 5.41) is 10.5. The highest BCUT2D eigenvalue weighted by Crippen LogP contribution is 2.52. The Hall–Kier alpha value is -2.24. The van der Waals surface area contributed by atoms with Crippen molar-refractivity contribution in [2.24, 2.45) is 11.8 Å². The van der Waals surface area contributed by atoms with Gasteiger partial charge in [0.15, 0.2) is 0 Å².